The summed E-state index contributed by atoms with van der Waals surface area (Å²) in [5.74, 6) is 0.215. The van der Waals surface area contributed by atoms with Gasteiger partial charge in [-0.05, 0) is 37.3 Å². The molecule has 1 fully saturated rings. The minimum atomic E-state index is -3.50. The number of aromatic nitrogens is 1. The van der Waals surface area contributed by atoms with Crippen LogP contribution in [0.3, 0.4) is 0 Å². The number of rotatable bonds is 8. The molecule has 10 nitrogen and oxygen atoms in total. The van der Waals surface area contributed by atoms with Crippen LogP contribution in [0.5, 0.6) is 0 Å². The Hall–Kier alpha value is -3.18. The predicted octanol–water partition coefficient (Wildman–Crippen LogP) is 1.53. The van der Waals surface area contributed by atoms with Crippen LogP contribution in [0.1, 0.15) is 17.3 Å². The van der Waals surface area contributed by atoms with Gasteiger partial charge in [0, 0.05) is 50.2 Å². The van der Waals surface area contributed by atoms with E-state index < -0.39 is 22.0 Å². The minimum Gasteiger partial charge on any atom is -0.450 e. The van der Waals surface area contributed by atoms with Crippen LogP contribution in [-0.4, -0.2) is 74.8 Å². The Labute approximate surface area is 187 Å². The summed E-state index contributed by atoms with van der Waals surface area (Å²) in [6, 6.07) is 12.0. The summed E-state index contributed by atoms with van der Waals surface area (Å²) in [4.78, 5) is 30.3. The van der Waals surface area contributed by atoms with Crippen LogP contribution < -0.4 is 15.5 Å². The summed E-state index contributed by atoms with van der Waals surface area (Å²) < 4.78 is 31.6. The average molecular weight is 462 g/mol. The summed E-state index contributed by atoms with van der Waals surface area (Å²) in [5.41, 5.74) is 0.718. The second kappa shape index (κ2) is 10.9. The molecular formula is C21H27N5O5S. The topological polar surface area (TPSA) is 121 Å². The lowest BCUT2D eigenvalue weighted by Gasteiger charge is -2.34. The molecule has 0 bridgehead atoms. The van der Waals surface area contributed by atoms with E-state index in [2.05, 4.69) is 15.6 Å². The molecule has 172 valence electrons. The SMILES string of the molecule is CCOC(=O)Nc1cccc(C(=O)NCCS(=O)(=O)N2CCN(c3ccccn3)CC2)c1. The zero-order chi connectivity index (χ0) is 23.0. The maximum atomic E-state index is 12.7. The lowest BCUT2D eigenvalue weighted by atomic mass is 10.2. The normalized spacial score (nSPS) is 14.6. The Morgan fingerprint density at radius 3 is 2.56 bits per heavy atom. The fraction of sp³-hybridized carbons (Fsp3) is 0.381. The zero-order valence-electron chi connectivity index (χ0n) is 17.9. The molecule has 0 spiro atoms. The number of hydrogen-bond acceptors (Lipinski definition) is 7. The van der Waals surface area contributed by atoms with Crippen molar-refractivity contribution in [2.75, 3.05) is 55.3 Å². The van der Waals surface area contributed by atoms with Crippen LogP contribution in [-0.2, 0) is 14.8 Å². The van der Waals surface area contributed by atoms with Gasteiger partial charge in [0.25, 0.3) is 5.91 Å². The first kappa shape index (κ1) is 23.5. The van der Waals surface area contributed by atoms with E-state index in [0.717, 1.165) is 5.82 Å². The maximum absolute atomic E-state index is 12.7. The van der Waals surface area contributed by atoms with E-state index in [1.165, 1.54) is 10.4 Å². The Morgan fingerprint density at radius 1 is 1.09 bits per heavy atom. The summed E-state index contributed by atoms with van der Waals surface area (Å²) in [6.07, 6.45) is 1.10. The summed E-state index contributed by atoms with van der Waals surface area (Å²) in [7, 11) is -3.50. The number of anilines is 2. The molecule has 1 aromatic carbocycles. The Kier molecular flexibility index (Phi) is 8.01. The molecular weight excluding hydrogens is 434 g/mol. The number of nitrogens with one attached hydrogen (secondary N) is 2. The lowest BCUT2D eigenvalue weighted by molar-refractivity contribution is 0.0956. The number of carbonyl (C=O) groups is 2. The number of ether oxygens (including phenoxy) is 1. The van der Waals surface area contributed by atoms with E-state index in [1.54, 1.807) is 31.3 Å². The third kappa shape index (κ3) is 6.41. The highest BCUT2D eigenvalue weighted by molar-refractivity contribution is 7.89. The highest BCUT2D eigenvalue weighted by atomic mass is 32.2. The van der Waals surface area contributed by atoms with Crippen molar-refractivity contribution < 1.29 is 22.7 Å². The molecule has 0 unspecified atom stereocenters. The first-order chi connectivity index (χ1) is 15.4. The van der Waals surface area contributed by atoms with Gasteiger partial charge in [-0.1, -0.05) is 12.1 Å². The largest absolute Gasteiger partial charge is 0.450 e. The second-order valence-corrected chi connectivity index (χ2v) is 9.16. The van der Waals surface area contributed by atoms with E-state index >= 15 is 0 Å². The van der Waals surface area contributed by atoms with Crippen LogP contribution in [0, 0.1) is 0 Å². The molecule has 1 saturated heterocycles. The van der Waals surface area contributed by atoms with Crippen molar-refractivity contribution in [3.63, 3.8) is 0 Å². The van der Waals surface area contributed by atoms with E-state index in [-0.39, 0.29) is 18.9 Å². The molecule has 2 heterocycles. The minimum absolute atomic E-state index is 0.0167. The van der Waals surface area contributed by atoms with Crippen molar-refractivity contribution >= 4 is 33.5 Å². The lowest BCUT2D eigenvalue weighted by Crippen LogP contribution is -2.50. The summed E-state index contributed by atoms with van der Waals surface area (Å²) in [6.45, 7) is 3.77. The van der Waals surface area contributed by atoms with E-state index in [9.17, 15) is 18.0 Å². The number of pyridine rings is 1. The van der Waals surface area contributed by atoms with Crippen molar-refractivity contribution in [1.29, 1.82) is 0 Å². The summed E-state index contributed by atoms with van der Waals surface area (Å²) >= 11 is 0. The smallest absolute Gasteiger partial charge is 0.411 e. The number of amides is 2. The van der Waals surface area contributed by atoms with Crippen molar-refractivity contribution in [3.05, 3.63) is 54.2 Å². The van der Waals surface area contributed by atoms with Crippen LogP contribution in [0.4, 0.5) is 16.3 Å². The van der Waals surface area contributed by atoms with Gasteiger partial charge in [0.2, 0.25) is 10.0 Å². The number of sulfonamides is 1. The van der Waals surface area contributed by atoms with Gasteiger partial charge in [-0.3, -0.25) is 10.1 Å². The molecule has 2 amide bonds. The van der Waals surface area contributed by atoms with E-state index in [1.807, 2.05) is 23.1 Å². The third-order valence-corrected chi connectivity index (χ3v) is 6.77. The van der Waals surface area contributed by atoms with Gasteiger partial charge in [0.1, 0.15) is 5.82 Å². The molecule has 1 aromatic heterocycles. The fourth-order valence-corrected chi connectivity index (χ4v) is 4.62. The molecule has 3 rings (SSSR count). The van der Waals surface area contributed by atoms with Gasteiger partial charge in [0.05, 0.1) is 12.4 Å². The highest BCUT2D eigenvalue weighted by Crippen LogP contribution is 2.15. The van der Waals surface area contributed by atoms with Crippen LogP contribution in [0.25, 0.3) is 0 Å². The predicted molar refractivity (Wildman–Crippen MR) is 121 cm³/mol. The maximum Gasteiger partial charge on any atom is 0.411 e. The first-order valence-electron chi connectivity index (χ1n) is 10.3. The number of hydrogen-bond donors (Lipinski definition) is 2. The number of nitrogens with zero attached hydrogens (tertiary/aromatic N) is 3. The van der Waals surface area contributed by atoms with Crippen LogP contribution in [0.15, 0.2) is 48.7 Å². The van der Waals surface area contributed by atoms with Gasteiger partial charge in [0.15, 0.2) is 0 Å². The second-order valence-electron chi connectivity index (χ2n) is 7.07. The molecule has 1 aliphatic heterocycles. The molecule has 0 atom stereocenters. The number of carbonyl (C=O) groups excluding carboxylic acids is 2. The van der Waals surface area contributed by atoms with E-state index in [0.29, 0.717) is 37.4 Å². The quantitative estimate of drug-likeness (QED) is 0.612. The molecule has 2 N–H and O–H groups in total. The number of piperazine rings is 1. The molecule has 0 aliphatic carbocycles. The fourth-order valence-electron chi connectivity index (χ4n) is 3.28. The van der Waals surface area contributed by atoms with Crippen molar-refractivity contribution in [1.82, 2.24) is 14.6 Å². The Bertz CT molecular complexity index is 1020. The zero-order valence-corrected chi connectivity index (χ0v) is 18.7. The van der Waals surface area contributed by atoms with Gasteiger partial charge in [-0.15, -0.1) is 0 Å². The molecule has 0 radical (unpaired) electrons. The highest BCUT2D eigenvalue weighted by Gasteiger charge is 2.27. The molecule has 32 heavy (non-hydrogen) atoms. The van der Waals surface area contributed by atoms with Gasteiger partial charge < -0.3 is 15.0 Å². The monoisotopic (exact) mass is 461 g/mol. The van der Waals surface area contributed by atoms with Crippen LogP contribution >= 0.6 is 0 Å². The van der Waals surface area contributed by atoms with Crippen molar-refractivity contribution in [2.24, 2.45) is 0 Å². The van der Waals surface area contributed by atoms with Gasteiger partial charge in [-0.25, -0.2) is 18.2 Å². The summed E-state index contributed by atoms with van der Waals surface area (Å²) in [5, 5.41) is 5.15. The molecule has 11 heteroatoms. The van der Waals surface area contributed by atoms with Crippen molar-refractivity contribution in [2.45, 2.75) is 6.92 Å². The van der Waals surface area contributed by atoms with Crippen LogP contribution in [0.2, 0.25) is 0 Å². The third-order valence-electron chi connectivity index (χ3n) is 4.90. The van der Waals surface area contributed by atoms with E-state index in [4.69, 9.17) is 4.74 Å². The Morgan fingerprint density at radius 2 is 1.88 bits per heavy atom. The molecule has 2 aromatic rings. The molecule has 0 saturated carbocycles. The van der Waals surface area contributed by atoms with Gasteiger partial charge >= 0.3 is 6.09 Å². The molecule has 1 aliphatic rings. The van der Waals surface area contributed by atoms with Crippen molar-refractivity contribution in [3.8, 4) is 0 Å². The number of benzene rings is 1. The Balaban J connectivity index is 1.47. The first-order valence-corrected chi connectivity index (χ1v) is 12.0. The average Bonchev–Trinajstić information content (AvgIpc) is 2.80. The van der Waals surface area contributed by atoms with Gasteiger partial charge in [-0.2, -0.15) is 4.31 Å². The standard InChI is InChI=1S/C21H27N5O5S/c1-2-31-21(28)24-18-7-5-6-17(16-18)20(27)23-10-15-32(29,30)26-13-11-25(12-14-26)19-8-3-4-9-22-19/h3-9,16H,2,10-15H2,1H3,(H,23,27)(H,24,28).